The SMILES string of the molecule is NC1(c2nc(-c3cccc(Cl)c3Cl)cs2)CCCCCC1. The Hall–Kier alpha value is -0.610. The molecule has 21 heavy (non-hydrogen) atoms. The lowest BCUT2D eigenvalue weighted by Gasteiger charge is -2.25. The minimum atomic E-state index is -0.273. The second kappa shape index (κ2) is 6.25. The normalized spacial score (nSPS) is 18.4. The molecule has 0 bridgehead atoms. The van der Waals surface area contributed by atoms with E-state index in [0.717, 1.165) is 29.1 Å². The Morgan fingerprint density at radius 3 is 2.52 bits per heavy atom. The fourth-order valence-electron chi connectivity index (χ4n) is 2.90. The van der Waals surface area contributed by atoms with E-state index in [1.807, 2.05) is 17.5 Å². The minimum absolute atomic E-state index is 0.273. The zero-order valence-corrected chi connectivity index (χ0v) is 14.1. The molecule has 1 aliphatic rings. The quantitative estimate of drug-likeness (QED) is 0.720. The molecule has 5 heteroatoms. The molecule has 0 radical (unpaired) electrons. The maximum Gasteiger partial charge on any atom is 0.113 e. The third-order valence-electron chi connectivity index (χ3n) is 4.15. The average molecular weight is 341 g/mol. The number of nitrogens with zero attached hydrogens (tertiary/aromatic N) is 1. The summed E-state index contributed by atoms with van der Waals surface area (Å²) >= 11 is 14.0. The lowest BCUT2D eigenvalue weighted by atomic mass is 9.92. The van der Waals surface area contributed by atoms with Gasteiger partial charge in [0.1, 0.15) is 5.01 Å². The molecule has 1 aliphatic carbocycles. The average Bonchev–Trinajstić information content (AvgIpc) is 2.86. The van der Waals surface area contributed by atoms with E-state index >= 15 is 0 Å². The Labute approximate surface area is 139 Å². The van der Waals surface area contributed by atoms with Gasteiger partial charge in [0.2, 0.25) is 0 Å². The molecule has 1 aromatic carbocycles. The van der Waals surface area contributed by atoms with Crippen molar-refractivity contribution in [1.29, 1.82) is 0 Å². The Kier molecular flexibility index (Phi) is 4.55. The smallest absolute Gasteiger partial charge is 0.113 e. The summed E-state index contributed by atoms with van der Waals surface area (Å²) < 4.78 is 0. The van der Waals surface area contributed by atoms with Crippen LogP contribution in [0.15, 0.2) is 23.6 Å². The van der Waals surface area contributed by atoms with Crippen molar-refractivity contribution in [3.63, 3.8) is 0 Å². The molecule has 2 N–H and O–H groups in total. The summed E-state index contributed by atoms with van der Waals surface area (Å²) in [5.41, 5.74) is 8.11. The van der Waals surface area contributed by atoms with Crippen LogP contribution in [0.2, 0.25) is 10.0 Å². The first-order valence-corrected chi connectivity index (χ1v) is 8.93. The van der Waals surface area contributed by atoms with Crippen molar-refractivity contribution in [2.24, 2.45) is 5.73 Å². The number of nitrogens with two attached hydrogens (primary N) is 1. The Bertz CT molecular complexity index is 631. The van der Waals surface area contributed by atoms with Gasteiger partial charge in [-0.05, 0) is 18.9 Å². The van der Waals surface area contributed by atoms with E-state index in [1.54, 1.807) is 17.4 Å². The van der Waals surface area contributed by atoms with Crippen LogP contribution in [0.5, 0.6) is 0 Å². The number of hydrogen-bond donors (Lipinski definition) is 1. The van der Waals surface area contributed by atoms with E-state index in [1.165, 1.54) is 25.7 Å². The van der Waals surface area contributed by atoms with E-state index in [0.29, 0.717) is 10.0 Å². The van der Waals surface area contributed by atoms with Crippen LogP contribution in [0, 0.1) is 0 Å². The molecule has 0 amide bonds. The molecule has 0 unspecified atom stereocenters. The highest BCUT2D eigenvalue weighted by Gasteiger charge is 2.31. The molecule has 1 saturated carbocycles. The van der Waals surface area contributed by atoms with Crippen molar-refractivity contribution in [2.75, 3.05) is 0 Å². The van der Waals surface area contributed by atoms with Crippen molar-refractivity contribution in [3.05, 3.63) is 38.6 Å². The van der Waals surface area contributed by atoms with Crippen molar-refractivity contribution in [1.82, 2.24) is 4.98 Å². The number of hydrogen-bond acceptors (Lipinski definition) is 3. The first-order chi connectivity index (χ1) is 10.1. The zero-order chi connectivity index (χ0) is 14.9. The van der Waals surface area contributed by atoms with Gasteiger partial charge in [0.05, 0.1) is 21.3 Å². The fourth-order valence-corrected chi connectivity index (χ4v) is 4.29. The maximum absolute atomic E-state index is 6.63. The van der Waals surface area contributed by atoms with Crippen LogP contribution in [0.3, 0.4) is 0 Å². The molecular formula is C16H18Cl2N2S. The third kappa shape index (κ3) is 3.11. The summed E-state index contributed by atoms with van der Waals surface area (Å²) in [5, 5.41) is 4.17. The first kappa shape index (κ1) is 15.3. The molecule has 1 fully saturated rings. The highest BCUT2D eigenvalue weighted by molar-refractivity contribution is 7.10. The zero-order valence-electron chi connectivity index (χ0n) is 11.7. The molecular weight excluding hydrogens is 323 g/mol. The summed E-state index contributed by atoms with van der Waals surface area (Å²) in [6, 6.07) is 5.63. The standard InChI is InChI=1S/C16H18Cl2N2S/c17-12-7-5-6-11(14(12)18)13-10-21-15(20-13)16(19)8-3-1-2-4-9-16/h5-7,10H,1-4,8-9,19H2. The van der Waals surface area contributed by atoms with Crippen LogP contribution in [-0.2, 0) is 5.54 Å². The molecule has 0 aliphatic heterocycles. The number of halogens is 2. The molecule has 2 nitrogen and oxygen atoms in total. The summed E-state index contributed by atoms with van der Waals surface area (Å²) in [6.45, 7) is 0. The molecule has 0 saturated heterocycles. The predicted octanol–water partition coefficient (Wildman–Crippen LogP) is 5.63. The van der Waals surface area contributed by atoms with E-state index in [4.69, 9.17) is 33.9 Å². The van der Waals surface area contributed by atoms with Gasteiger partial charge in [0.25, 0.3) is 0 Å². The van der Waals surface area contributed by atoms with Gasteiger partial charge >= 0.3 is 0 Å². The fraction of sp³-hybridized carbons (Fsp3) is 0.438. The monoisotopic (exact) mass is 340 g/mol. The summed E-state index contributed by atoms with van der Waals surface area (Å²) in [5.74, 6) is 0. The summed E-state index contributed by atoms with van der Waals surface area (Å²) in [7, 11) is 0. The van der Waals surface area contributed by atoms with Gasteiger partial charge in [-0.1, -0.05) is 61.0 Å². The molecule has 1 aromatic heterocycles. The Balaban J connectivity index is 1.94. The second-order valence-corrected chi connectivity index (χ2v) is 7.35. The molecule has 0 spiro atoms. The predicted molar refractivity (Wildman–Crippen MR) is 91.1 cm³/mol. The summed E-state index contributed by atoms with van der Waals surface area (Å²) in [4.78, 5) is 4.77. The second-order valence-electron chi connectivity index (χ2n) is 5.71. The highest BCUT2D eigenvalue weighted by Crippen LogP contribution is 2.39. The van der Waals surface area contributed by atoms with Gasteiger partial charge in [-0.3, -0.25) is 0 Å². The third-order valence-corrected chi connectivity index (χ3v) is 6.03. The van der Waals surface area contributed by atoms with Crippen LogP contribution in [0.4, 0.5) is 0 Å². The maximum atomic E-state index is 6.63. The van der Waals surface area contributed by atoms with Crippen LogP contribution >= 0.6 is 34.5 Å². The molecule has 0 atom stereocenters. The Morgan fingerprint density at radius 2 is 1.81 bits per heavy atom. The first-order valence-electron chi connectivity index (χ1n) is 7.29. The van der Waals surface area contributed by atoms with Crippen molar-refractivity contribution >= 4 is 34.5 Å². The van der Waals surface area contributed by atoms with Gasteiger partial charge in [-0.2, -0.15) is 0 Å². The van der Waals surface area contributed by atoms with Crippen molar-refractivity contribution in [2.45, 2.75) is 44.1 Å². The van der Waals surface area contributed by atoms with Crippen molar-refractivity contribution < 1.29 is 0 Å². The van der Waals surface area contributed by atoms with Gasteiger partial charge < -0.3 is 5.73 Å². The van der Waals surface area contributed by atoms with E-state index < -0.39 is 0 Å². The van der Waals surface area contributed by atoms with Gasteiger partial charge in [0, 0.05) is 10.9 Å². The van der Waals surface area contributed by atoms with Crippen molar-refractivity contribution in [3.8, 4) is 11.3 Å². The van der Waals surface area contributed by atoms with Gasteiger partial charge in [0.15, 0.2) is 0 Å². The van der Waals surface area contributed by atoms with E-state index in [9.17, 15) is 0 Å². The number of benzene rings is 1. The number of rotatable bonds is 2. The molecule has 1 heterocycles. The van der Waals surface area contributed by atoms with Crippen LogP contribution in [0.1, 0.15) is 43.5 Å². The largest absolute Gasteiger partial charge is 0.319 e. The molecule has 112 valence electrons. The Morgan fingerprint density at radius 1 is 1.10 bits per heavy atom. The van der Waals surface area contributed by atoms with E-state index in [-0.39, 0.29) is 5.54 Å². The topological polar surface area (TPSA) is 38.9 Å². The number of thiazole rings is 1. The van der Waals surface area contributed by atoms with Crippen LogP contribution in [-0.4, -0.2) is 4.98 Å². The van der Waals surface area contributed by atoms with Gasteiger partial charge in [-0.25, -0.2) is 4.98 Å². The lowest BCUT2D eigenvalue weighted by molar-refractivity contribution is 0.384. The highest BCUT2D eigenvalue weighted by atomic mass is 35.5. The summed E-state index contributed by atoms with van der Waals surface area (Å²) in [6.07, 6.45) is 6.95. The minimum Gasteiger partial charge on any atom is -0.319 e. The van der Waals surface area contributed by atoms with Gasteiger partial charge in [-0.15, -0.1) is 11.3 Å². The lowest BCUT2D eigenvalue weighted by Crippen LogP contribution is -2.35. The van der Waals surface area contributed by atoms with E-state index in [2.05, 4.69) is 0 Å². The molecule has 3 rings (SSSR count). The molecule has 2 aromatic rings. The number of aromatic nitrogens is 1. The van der Waals surface area contributed by atoms with Crippen LogP contribution < -0.4 is 5.73 Å². The van der Waals surface area contributed by atoms with Crippen LogP contribution in [0.25, 0.3) is 11.3 Å².